The molecule has 0 spiro atoms. The van der Waals surface area contributed by atoms with Gasteiger partial charge in [0.1, 0.15) is 11.6 Å². The summed E-state index contributed by atoms with van der Waals surface area (Å²) in [5.41, 5.74) is 1.98. The van der Waals surface area contributed by atoms with Crippen LogP contribution in [0.25, 0.3) is 0 Å². The largest absolute Gasteiger partial charge is 0.497 e. The van der Waals surface area contributed by atoms with Crippen molar-refractivity contribution in [3.05, 3.63) is 64.5 Å². The molecular formula is C19H19FO4. The first-order chi connectivity index (χ1) is 11.3. The lowest BCUT2D eigenvalue weighted by molar-refractivity contribution is 0.0314. The van der Waals surface area contributed by atoms with E-state index in [2.05, 4.69) is 0 Å². The van der Waals surface area contributed by atoms with Crippen LogP contribution in [0.3, 0.4) is 0 Å². The number of aryl methyl sites for hydroxylation is 2. The van der Waals surface area contributed by atoms with Crippen LogP contribution in [0.2, 0.25) is 0 Å². The second kappa shape index (κ2) is 7.25. The van der Waals surface area contributed by atoms with Gasteiger partial charge in [0.15, 0.2) is 6.10 Å². The average molecular weight is 330 g/mol. The van der Waals surface area contributed by atoms with Crippen molar-refractivity contribution in [2.45, 2.75) is 26.9 Å². The maximum atomic E-state index is 13.9. The number of ketones is 1. The van der Waals surface area contributed by atoms with Gasteiger partial charge in [-0.1, -0.05) is 17.7 Å². The molecule has 2 aromatic carbocycles. The quantitative estimate of drug-likeness (QED) is 0.617. The Labute approximate surface area is 140 Å². The molecule has 0 saturated carbocycles. The predicted octanol–water partition coefficient (Wildman–Crippen LogP) is 3.88. The fraction of sp³-hybridized carbons (Fsp3) is 0.263. The smallest absolute Gasteiger partial charge is 0.341 e. The van der Waals surface area contributed by atoms with Crippen LogP contribution in [0.5, 0.6) is 5.75 Å². The van der Waals surface area contributed by atoms with E-state index in [9.17, 15) is 14.0 Å². The summed E-state index contributed by atoms with van der Waals surface area (Å²) in [7, 11) is 1.40. The highest BCUT2D eigenvalue weighted by molar-refractivity contribution is 6.02. The highest BCUT2D eigenvalue weighted by Crippen LogP contribution is 2.19. The molecule has 0 aromatic heterocycles. The number of ether oxygens (including phenoxy) is 2. The van der Waals surface area contributed by atoms with E-state index < -0.39 is 17.9 Å². The Morgan fingerprint density at radius 3 is 2.38 bits per heavy atom. The Bertz CT molecular complexity index is 783. The van der Waals surface area contributed by atoms with Crippen LogP contribution in [-0.4, -0.2) is 25.0 Å². The Morgan fingerprint density at radius 2 is 1.75 bits per heavy atom. The normalized spacial score (nSPS) is 11.7. The van der Waals surface area contributed by atoms with Crippen molar-refractivity contribution in [2.24, 2.45) is 0 Å². The topological polar surface area (TPSA) is 52.6 Å². The number of hydrogen-bond donors (Lipinski definition) is 0. The fourth-order valence-electron chi connectivity index (χ4n) is 2.29. The Hall–Kier alpha value is -2.69. The number of esters is 1. The van der Waals surface area contributed by atoms with Gasteiger partial charge >= 0.3 is 5.97 Å². The van der Waals surface area contributed by atoms with Crippen molar-refractivity contribution in [2.75, 3.05) is 7.11 Å². The van der Waals surface area contributed by atoms with Crippen LogP contribution in [0.4, 0.5) is 4.39 Å². The molecule has 24 heavy (non-hydrogen) atoms. The lowest BCUT2D eigenvalue weighted by Crippen LogP contribution is -2.25. The molecule has 0 bridgehead atoms. The molecule has 0 fully saturated rings. The first kappa shape index (κ1) is 17.7. The summed E-state index contributed by atoms with van der Waals surface area (Å²) < 4.78 is 23.9. The van der Waals surface area contributed by atoms with Crippen molar-refractivity contribution in [1.82, 2.24) is 0 Å². The maximum Gasteiger partial charge on any atom is 0.341 e. The summed E-state index contributed by atoms with van der Waals surface area (Å²) in [6.07, 6.45) is -1.01. The summed E-state index contributed by atoms with van der Waals surface area (Å²) in [6, 6.07) is 9.29. The Morgan fingerprint density at radius 1 is 1.04 bits per heavy atom. The monoisotopic (exact) mass is 330 g/mol. The van der Waals surface area contributed by atoms with Crippen LogP contribution < -0.4 is 4.74 Å². The molecular weight excluding hydrogens is 311 g/mol. The van der Waals surface area contributed by atoms with Gasteiger partial charge in [-0.25, -0.2) is 9.18 Å². The zero-order valence-electron chi connectivity index (χ0n) is 14.1. The lowest BCUT2D eigenvalue weighted by atomic mass is 9.99. The van der Waals surface area contributed by atoms with Gasteiger partial charge in [-0.15, -0.1) is 0 Å². The molecule has 0 saturated heterocycles. The number of benzene rings is 2. The summed E-state index contributed by atoms with van der Waals surface area (Å²) in [6.45, 7) is 5.16. The van der Waals surface area contributed by atoms with Crippen LogP contribution in [-0.2, 0) is 4.74 Å². The molecule has 126 valence electrons. The standard InChI is InChI=1S/C19H19FO4/c1-11-5-6-12(2)16(9-11)18(21)13(3)24-19(22)15-8-7-14(23-4)10-17(15)20/h5-10,13H,1-4H3/t13-/m1/s1. The molecule has 5 heteroatoms. The SMILES string of the molecule is COc1ccc(C(=O)O[C@H](C)C(=O)c2cc(C)ccc2C)c(F)c1. The van der Waals surface area contributed by atoms with Gasteiger partial charge in [-0.05, 0) is 44.5 Å². The van der Waals surface area contributed by atoms with Crippen LogP contribution in [0.15, 0.2) is 36.4 Å². The molecule has 0 amide bonds. The molecule has 0 aliphatic heterocycles. The summed E-state index contributed by atoms with van der Waals surface area (Å²) in [5, 5.41) is 0. The number of Topliss-reactive ketones (excluding diaryl/α,β-unsaturated/α-hetero) is 1. The summed E-state index contributed by atoms with van der Waals surface area (Å²) in [4.78, 5) is 24.6. The molecule has 0 aliphatic rings. The van der Waals surface area contributed by atoms with Gasteiger partial charge in [-0.3, -0.25) is 4.79 Å². The second-order valence-electron chi connectivity index (χ2n) is 5.58. The van der Waals surface area contributed by atoms with E-state index in [0.29, 0.717) is 11.3 Å². The average Bonchev–Trinajstić information content (AvgIpc) is 2.55. The van der Waals surface area contributed by atoms with Crippen molar-refractivity contribution in [3.63, 3.8) is 0 Å². The van der Waals surface area contributed by atoms with Crippen molar-refractivity contribution in [3.8, 4) is 5.75 Å². The molecule has 0 unspecified atom stereocenters. The molecule has 0 aliphatic carbocycles. The zero-order chi connectivity index (χ0) is 17.9. The van der Waals surface area contributed by atoms with E-state index in [-0.39, 0.29) is 11.3 Å². The number of carbonyl (C=O) groups excluding carboxylic acids is 2. The van der Waals surface area contributed by atoms with E-state index in [1.807, 2.05) is 26.0 Å². The number of methoxy groups -OCH3 is 1. The van der Waals surface area contributed by atoms with Crippen LogP contribution >= 0.6 is 0 Å². The minimum atomic E-state index is -1.01. The second-order valence-corrected chi connectivity index (χ2v) is 5.58. The maximum absolute atomic E-state index is 13.9. The number of halogens is 1. The van der Waals surface area contributed by atoms with Gasteiger partial charge in [0.05, 0.1) is 12.7 Å². The predicted molar refractivity (Wildman–Crippen MR) is 88.1 cm³/mol. The minimum absolute atomic E-state index is 0.239. The molecule has 0 radical (unpaired) electrons. The molecule has 0 heterocycles. The zero-order valence-corrected chi connectivity index (χ0v) is 14.1. The van der Waals surface area contributed by atoms with Crippen molar-refractivity contribution < 1.29 is 23.5 Å². The van der Waals surface area contributed by atoms with E-state index in [4.69, 9.17) is 9.47 Å². The highest BCUT2D eigenvalue weighted by atomic mass is 19.1. The van der Waals surface area contributed by atoms with E-state index >= 15 is 0 Å². The third kappa shape index (κ3) is 3.79. The van der Waals surface area contributed by atoms with Gasteiger partial charge in [0.2, 0.25) is 5.78 Å². The molecule has 1 atom stereocenters. The third-order valence-electron chi connectivity index (χ3n) is 3.71. The van der Waals surface area contributed by atoms with E-state index in [1.165, 1.54) is 26.2 Å². The summed E-state index contributed by atoms with van der Waals surface area (Å²) in [5.74, 6) is -1.67. The molecule has 2 aromatic rings. The Kier molecular flexibility index (Phi) is 5.34. The summed E-state index contributed by atoms with van der Waals surface area (Å²) >= 11 is 0. The van der Waals surface area contributed by atoms with Crippen molar-refractivity contribution >= 4 is 11.8 Å². The highest BCUT2D eigenvalue weighted by Gasteiger charge is 2.23. The first-order valence-corrected chi connectivity index (χ1v) is 7.49. The fourth-order valence-corrected chi connectivity index (χ4v) is 2.29. The Balaban J connectivity index is 2.16. The van der Waals surface area contributed by atoms with Gasteiger partial charge in [0, 0.05) is 11.6 Å². The number of rotatable bonds is 5. The van der Waals surface area contributed by atoms with Crippen molar-refractivity contribution in [1.29, 1.82) is 0 Å². The van der Waals surface area contributed by atoms with Gasteiger partial charge < -0.3 is 9.47 Å². The van der Waals surface area contributed by atoms with Gasteiger partial charge in [-0.2, -0.15) is 0 Å². The third-order valence-corrected chi connectivity index (χ3v) is 3.71. The molecule has 4 nitrogen and oxygen atoms in total. The van der Waals surface area contributed by atoms with Gasteiger partial charge in [0.25, 0.3) is 0 Å². The molecule has 2 rings (SSSR count). The first-order valence-electron chi connectivity index (χ1n) is 7.49. The van der Waals surface area contributed by atoms with Crippen LogP contribution in [0.1, 0.15) is 38.8 Å². The van der Waals surface area contributed by atoms with E-state index in [1.54, 1.807) is 6.07 Å². The number of carbonyl (C=O) groups is 2. The van der Waals surface area contributed by atoms with Crippen LogP contribution in [0, 0.1) is 19.7 Å². The minimum Gasteiger partial charge on any atom is -0.497 e. The lowest BCUT2D eigenvalue weighted by Gasteiger charge is -2.14. The number of hydrogen-bond acceptors (Lipinski definition) is 4. The molecule has 0 N–H and O–H groups in total. The van der Waals surface area contributed by atoms with E-state index in [0.717, 1.165) is 17.2 Å².